The summed E-state index contributed by atoms with van der Waals surface area (Å²) in [4.78, 5) is 18.8. The van der Waals surface area contributed by atoms with E-state index in [1.54, 1.807) is 6.20 Å². The van der Waals surface area contributed by atoms with Gasteiger partial charge in [-0.25, -0.2) is 4.98 Å². The van der Waals surface area contributed by atoms with Crippen LogP contribution in [0.15, 0.2) is 12.3 Å². The van der Waals surface area contributed by atoms with Crippen molar-refractivity contribution in [3.05, 3.63) is 23.5 Å². The van der Waals surface area contributed by atoms with Crippen molar-refractivity contribution >= 4 is 16.9 Å². The van der Waals surface area contributed by atoms with E-state index in [0.717, 1.165) is 37.3 Å². The third-order valence-corrected chi connectivity index (χ3v) is 4.52. The summed E-state index contributed by atoms with van der Waals surface area (Å²) in [6.45, 7) is 5.73. The lowest BCUT2D eigenvalue weighted by Gasteiger charge is -2.17. The van der Waals surface area contributed by atoms with Gasteiger partial charge in [0.05, 0.1) is 5.56 Å². The predicted octanol–water partition coefficient (Wildman–Crippen LogP) is 0.558. The van der Waals surface area contributed by atoms with Gasteiger partial charge in [-0.15, -0.1) is 0 Å². The molecule has 0 aromatic carbocycles. The van der Waals surface area contributed by atoms with Crippen LogP contribution in [0.1, 0.15) is 16.1 Å². The number of amides is 1. The standard InChI is InChI=1S/C14H17N5O/c1-8-12-2-9(5-16-13(12)18-17-8)14(20)19-6-10-3-15-4-11(10)7-19/h2,5,10-11,15H,3-4,6-7H2,1H3,(H,16,17,18)/t10-,11+. The summed E-state index contributed by atoms with van der Waals surface area (Å²) >= 11 is 0. The van der Waals surface area contributed by atoms with Crippen LogP contribution >= 0.6 is 0 Å². The highest BCUT2D eigenvalue weighted by molar-refractivity contribution is 5.97. The lowest BCUT2D eigenvalue weighted by atomic mass is 10.0. The molecule has 0 spiro atoms. The van der Waals surface area contributed by atoms with Crippen LogP contribution in [0.3, 0.4) is 0 Å². The summed E-state index contributed by atoms with van der Waals surface area (Å²) in [7, 11) is 0. The first-order valence-corrected chi connectivity index (χ1v) is 7.03. The molecule has 2 aromatic rings. The molecule has 2 aromatic heterocycles. The predicted molar refractivity (Wildman–Crippen MR) is 74.4 cm³/mol. The maximum Gasteiger partial charge on any atom is 0.255 e. The maximum absolute atomic E-state index is 12.6. The lowest BCUT2D eigenvalue weighted by molar-refractivity contribution is 0.0781. The van der Waals surface area contributed by atoms with Crippen molar-refractivity contribution in [2.24, 2.45) is 11.8 Å². The molecule has 2 fully saturated rings. The number of aromatic amines is 1. The number of aromatic nitrogens is 3. The smallest absolute Gasteiger partial charge is 0.255 e. The number of nitrogens with zero attached hydrogens (tertiary/aromatic N) is 3. The molecule has 2 aliphatic rings. The Morgan fingerprint density at radius 1 is 1.35 bits per heavy atom. The van der Waals surface area contributed by atoms with Crippen LogP contribution in [0.2, 0.25) is 0 Å². The van der Waals surface area contributed by atoms with Crippen molar-refractivity contribution in [1.82, 2.24) is 25.4 Å². The maximum atomic E-state index is 12.6. The molecule has 2 N–H and O–H groups in total. The average Bonchev–Trinajstić information content (AvgIpc) is 3.12. The SMILES string of the molecule is Cc1[nH]nc2ncc(C(=O)N3C[C@H]4CNC[C@H]4C3)cc12. The molecule has 1 amide bonds. The van der Waals surface area contributed by atoms with Gasteiger partial charge in [0.15, 0.2) is 5.65 Å². The van der Waals surface area contributed by atoms with E-state index < -0.39 is 0 Å². The Kier molecular flexibility index (Phi) is 2.53. The molecule has 0 saturated carbocycles. The average molecular weight is 271 g/mol. The number of aryl methyl sites for hydroxylation is 1. The Bertz CT molecular complexity index is 667. The van der Waals surface area contributed by atoms with E-state index in [0.29, 0.717) is 23.0 Å². The third kappa shape index (κ3) is 1.71. The van der Waals surface area contributed by atoms with Gasteiger partial charge in [-0.3, -0.25) is 9.89 Å². The van der Waals surface area contributed by atoms with E-state index in [1.165, 1.54) is 0 Å². The number of H-pyrrole nitrogens is 1. The molecule has 4 heterocycles. The van der Waals surface area contributed by atoms with Crippen LogP contribution in [0, 0.1) is 18.8 Å². The number of hydrogen-bond donors (Lipinski definition) is 2. The summed E-state index contributed by atoms with van der Waals surface area (Å²) in [5.41, 5.74) is 2.28. The number of hydrogen-bond acceptors (Lipinski definition) is 4. The highest BCUT2D eigenvalue weighted by atomic mass is 16.2. The van der Waals surface area contributed by atoms with Gasteiger partial charge in [0, 0.05) is 43.5 Å². The minimum atomic E-state index is 0.0920. The van der Waals surface area contributed by atoms with Crippen LogP contribution in [0.4, 0.5) is 0 Å². The van der Waals surface area contributed by atoms with Crippen LogP contribution in [-0.2, 0) is 0 Å². The number of rotatable bonds is 1. The van der Waals surface area contributed by atoms with Crippen molar-refractivity contribution in [1.29, 1.82) is 0 Å². The summed E-state index contributed by atoms with van der Waals surface area (Å²) in [6.07, 6.45) is 1.64. The fraction of sp³-hybridized carbons (Fsp3) is 0.500. The number of likely N-dealkylation sites (tertiary alicyclic amines) is 1. The molecular weight excluding hydrogens is 254 g/mol. The zero-order chi connectivity index (χ0) is 13.7. The first-order chi connectivity index (χ1) is 9.72. The molecule has 2 atom stereocenters. The molecule has 0 unspecified atom stereocenters. The molecule has 2 aliphatic heterocycles. The Morgan fingerprint density at radius 2 is 2.10 bits per heavy atom. The topological polar surface area (TPSA) is 73.9 Å². The van der Waals surface area contributed by atoms with Gasteiger partial charge >= 0.3 is 0 Å². The molecule has 0 aliphatic carbocycles. The summed E-state index contributed by atoms with van der Waals surface area (Å²) in [5, 5.41) is 11.3. The van der Waals surface area contributed by atoms with Crippen molar-refractivity contribution < 1.29 is 4.79 Å². The Morgan fingerprint density at radius 3 is 2.85 bits per heavy atom. The van der Waals surface area contributed by atoms with E-state index in [1.807, 2.05) is 17.9 Å². The van der Waals surface area contributed by atoms with Gasteiger partial charge in [0.2, 0.25) is 0 Å². The van der Waals surface area contributed by atoms with E-state index in [2.05, 4.69) is 20.5 Å². The zero-order valence-electron chi connectivity index (χ0n) is 11.4. The van der Waals surface area contributed by atoms with E-state index in [4.69, 9.17) is 0 Å². The first kappa shape index (κ1) is 11.8. The molecule has 6 nitrogen and oxygen atoms in total. The fourth-order valence-electron chi connectivity index (χ4n) is 3.34. The van der Waals surface area contributed by atoms with Gasteiger partial charge in [-0.2, -0.15) is 5.10 Å². The minimum absolute atomic E-state index is 0.0920. The number of carbonyl (C=O) groups is 1. The van der Waals surface area contributed by atoms with E-state index in [-0.39, 0.29) is 5.91 Å². The van der Waals surface area contributed by atoms with Crippen molar-refractivity contribution in [3.8, 4) is 0 Å². The van der Waals surface area contributed by atoms with Gasteiger partial charge in [-0.1, -0.05) is 0 Å². The van der Waals surface area contributed by atoms with Crippen LogP contribution in [0.5, 0.6) is 0 Å². The monoisotopic (exact) mass is 271 g/mol. The second-order valence-electron chi connectivity index (χ2n) is 5.83. The van der Waals surface area contributed by atoms with Crippen molar-refractivity contribution in [3.63, 3.8) is 0 Å². The van der Waals surface area contributed by atoms with Gasteiger partial charge in [0.25, 0.3) is 5.91 Å². The number of pyridine rings is 1. The molecular formula is C14H17N5O. The van der Waals surface area contributed by atoms with Gasteiger partial charge in [0.1, 0.15) is 0 Å². The highest BCUT2D eigenvalue weighted by Crippen LogP contribution is 2.27. The van der Waals surface area contributed by atoms with E-state index >= 15 is 0 Å². The van der Waals surface area contributed by atoms with Crippen LogP contribution < -0.4 is 5.32 Å². The summed E-state index contributed by atoms with van der Waals surface area (Å²) in [5.74, 6) is 1.33. The molecule has 0 radical (unpaired) electrons. The normalized spacial score (nSPS) is 25.4. The van der Waals surface area contributed by atoms with Crippen molar-refractivity contribution in [2.45, 2.75) is 6.92 Å². The Hall–Kier alpha value is -1.95. The summed E-state index contributed by atoms with van der Waals surface area (Å²) in [6, 6.07) is 1.90. The number of carbonyl (C=O) groups excluding carboxylic acids is 1. The van der Waals surface area contributed by atoms with Gasteiger partial charge < -0.3 is 10.2 Å². The summed E-state index contributed by atoms with van der Waals surface area (Å²) < 4.78 is 0. The molecule has 6 heteroatoms. The third-order valence-electron chi connectivity index (χ3n) is 4.52. The van der Waals surface area contributed by atoms with Crippen LogP contribution in [-0.4, -0.2) is 52.2 Å². The molecule has 20 heavy (non-hydrogen) atoms. The first-order valence-electron chi connectivity index (χ1n) is 7.03. The zero-order valence-corrected chi connectivity index (χ0v) is 11.4. The highest BCUT2D eigenvalue weighted by Gasteiger charge is 2.38. The minimum Gasteiger partial charge on any atom is -0.338 e. The fourth-order valence-corrected chi connectivity index (χ4v) is 3.34. The Labute approximate surface area is 116 Å². The molecule has 4 rings (SSSR count). The van der Waals surface area contributed by atoms with Crippen LogP contribution in [0.25, 0.3) is 11.0 Å². The number of fused-ring (bicyclic) bond motifs is 2. The quantitative estimate of drug-likeness (QED) is 0.794. The lowest BCUT2D eigenvalue weighted by Crippen LogP contribution is -2.31. The largest absolute Gasteiger partial charge is 0.338 e. The second-order valence-corrected chi connectivity index (χ2v) is 5.83. The molecule has 0 bridgehead atoms. The molecule has 104 valence electrons. The van der Waals surface area contributed by atoms with Crippen molar-refractivity contribution in [2.75, 3.05) is 26.2 Å². The molecule has 2 saturated heterocycles. The van der Waals surface area contributed by atoms with Gasteiger partial charge in [-0.05, 0) is 24.8 Å². The number of nitrogens with one attached hydrogen (secondary N) is 2. The Balaban J connectivity index is 1.62. The van der Waals surface area contributed by atoms with E-state index in [9.17, 15) is 4.79 Å². The second kappa shape index (κ2) is 4.28.